The summed E-state index contributed by atoms with van der Waals surface area (Å²) in [4.78, 5) is 12.1. The number of amides is 1. The molecule has 0 aromatic heterocycles. The summed E-state index contributed by atoms with van der Waals surface area (Å²) in [6.07, 6.45) is 3.25. The highest BCUT2D eigenvalue weighted by molar-refractivity contribution is 7.87. The van der Waals surface area contributed by atoms with Crippen LogP contribution in [0, 0.1) is 18.3 Å². The van der Waals surface area contributed by atoms with Gasteiger partial charge in [-0.25, -0.2) is 0 Å². The monoisotopic (exact) mass is 412 g/mol. The number of carbonyl (C=O) groups is 1. The first-order valence-electron chi connectivity index (χ1n) is 8.94. The second-order valence-electron chi connectivity index (χ2n) is 6.68. The van der Waals surface area contributed by atoms with Crippen LogP contribution in [0.4, 0.5) is 0 Å². The van der Waals surface area contributed by atoms with Gasteiger partial charge in [-0.15, -0.1) is 0 Å². The van der Waals surface area contributed by atoms with Gasteiger partial charge >= 0.3 is 10.1 Å². The molecule has 0 heterocycles. The van der Waals surface area contributed by atoms with Crippen LogP contribution in [0.15, 0.2) is 52.9 Å². The summed E-state index contributed by atoms with van der Waals surface area (Å²) in [5, 5.41) is 12.0. The Morgan fingerprint density at radius 1 is 1.17 bits per heavy atom. The Hall–Kier alpha value is -3.31. The number of methoxy groups -OCH3 is 1. The van der Waals surface area contributed by atoms with E-state index in [2.05, 4.69) is 5.32 Å². The first-order valence-corrected chi connectivity index (χ1v) is 10.3. The molecular weight excluding hydrogens is 392 g/mol. The highest BCUT2D eigenvalue weighted by Crippen LogP contribution is 2.31. The molecule has 1 aliphatic carbocycles. The lowest BCUT2D eigenvalue weighted by molar-refractivity contribution is -0.117. The molecule has 3 rings (SSSR count). The lowest BCUT2D eigenvalue weighted by atomic mass is 10.1. The van der Waals surface area contributed by atoms with Gasteiger partial charge < -0.3 is 14.2 Å². The number of benzene rings is 2. The summed E-state index contributed by atoms with van der Waals surface area (Å²) in [5.41, 5.74) is 1.39. The van der Waals surface area contributed by atoms with Gasteiger partial charge in [-0.3, -0.25) is 4.79 Å². The van der Waals surface area contributed by atoms with Crippen molar-refractivity contribution in [3.63, 3.8) is 0 Å². The number of hydrogen-bond acceptors (Lipinski definition) is 6. The number of carbonyl (C=O) groups excluding carboxylic acids is 1. The third-order valence-corrected chi connectivity index (χ3v) is 5.53. The van der Waals surface area contributed by atoms with Crippen molar-refractivity contribution in [1.29, 1.82) is 5.26 Å². The smallest absolute Gasteiger partial charge is 0.339 e. The number of aryl methyl sites for hydroxylation is 1. The van der Waals surface area contributed by atoms with Crippen molar-refractivity contribution < 1.29 is 22.1 Å². The van der Waals surface area contributed by atoms with Crippen LogP contribution in [-0.4, -0.2) is 27.5 Å². The van der Waals surface area contributed by atoms with Crippen LogP contribution in [0.3, 0.4) is 0 Å². The van der Waals surface area contributed by atoms with Crippen LogP contribution in [0.25, 0.3) is 6.08 Å². The number of nitrogens with one attached hydrogen (secondary N) is 1. The summed E-state index contributed by atoms with van der Waals surface area (Å²) in [7, 11) is -2.66. The maximum atomic E-state index is 12.5. The maximum absolute atomic E-state index is 12.5. The summed E-state index contributed by atoms with van der Waals surface area (Å²) < 4.78 is 35.5. The van der Waals surface area contributed by atoms with Crippen molar-refractivity contribution >= 4 is 22.1 Å². The summed E-state index contributed by atoms with van der Waals surface area (Å²) in [6.45, 7) is 1.85. The fraction of sp³-hybridized carbons (Fsp3) is 0.238. The standard InChI is InChI=1S/C21H20N2O5S/c1-14-3-8-18(9-4-14)29(25,26)28-19-10-5-15(12-20(19)27-2)11-16(13-22)21(24)23-17-6-7-17/h3-5,8-12,17H,6-7H2,1-2H3,(H,23,24)/b16-11+. The molecule has 1 fully saturated rings. The molecule has 29 heavy (non-hydrogen) atoms. The van der Waals surface area contributed by atoms with Gasteiger partial charge in [0.25, 0.3) is 5.91 Å². The molecule has 1 amide bonds. The van der Waals surface area contributed by atoms with E-state index in [1.807, 2.05) is 13.0 Å². The van der Waals surface area contributed by atoms with Crippen LogP contribution < -0.4 is 14.2 Å². The van der Waals surface area contributed by atoms with Crippen molar-refractivity contribution in [3.05, 3.63) is 59.2 Å². The first kappa shape index (κ1) is 20.4. The molecule has 8 heteroatoms. The van der Waals surface area contributed by atoms with Crippen molar-refractivity contribution in [3.8, 4) is 17.6 Å². The highest BCUT2D eigenvalue weighted by atomic mass is 32.2. The van der Waals surface area contributed by atoms with Gasteiger partial charge in [0, 0.05) is 6.04 Å². The molecule has 7 nitrogen and oxygen atoms in total. The average Bonchev–Trinajstić information content (AvgIpc) is 3.51. The van der Waals surface area contributed by atoms with Crippen molar-refractivity contribution in [2.75, 3.05) is 7.11 Å². The van der Waals surface area contributed by atoms with Gasteiger partial charge in [0.2, 0.25) is 0 Å². The van der Waals surface area contributed by atoms with Gasteiger partial charge in [0.1, 0.15) is 16.5 Å². The van der Waals surface area contributed by atoms with E-state index in [-0.39, 0.29) is 28.0 Å². The number of hydrogen-bond donors (Lipinski definition) is 1. The summed E-state index contributed by atoms with van der Waals surface area (Å²) in [5.74, 6) is -0.267. The molecule has 0 unspecified atom stereocenters. The van der Waals surface area contributed by atoms with Gasteiger partial charge in [0.05, 0.1) is 7.11 Å². The first-order chi connectivity index (χ1) is 13.8. The van der Waals surface area contributed by atoms with Crippen LogP contribution in [-0.2, 0) is 14.9 Å². The molecule has 0 spiro atoms. The minimum Gasteiger partial charge on any atom is -0.493 e. The quantitative estimate of drug-likeness (QED) is 0.426. The lowest BCUT2D eigenvalue weighted by Crippen LogP contribution is -2.26. The zero-order valence-electron chi connectivity index (χ0n) is 16.0. The van der Waals surface area contributed by atoms with Crippen LogP contribution in [0.5, 0.6) is 11.5 Å². The minimum atomic E-state index is -4.04. The SMILES string of the molecule is COc1cc(/C=C(\C#N)C(=O)NC2CC2)ccc1OS(=O)(=O)c1ccc(C)cc1. The van der Waals surface area contributed by atoms with Crippen molar-refractivity contribution in [2.45, 2.75) is 30.7 Å². The summed E-state index contributed by atoms with van der Waals surface area (Å²) >= 11 is 0. The number of ether oxygens (including phenoxy) is 1. The zero-order valence-corrected chi connectivity index (χ0v) is 16.8. The molecule has 0 bridgehead atoms. The average molecular weight is 412 g/mol. The molecule has 1 saturated carbocycles. The molecule has 2 aromatic rings. The predicted octanol–water partition coefficient (Wildman–Crippen LogP) is 2.96. The van der Waals surface area contributed by atoms with E-state index in [9.17, 15) is 18.5 Å². The molecule has 0 atom stereocenters. The normalized spacial score (nSPS) is 14.0. The van der Waals surface area contributed by atoms with Gasteiger partial charge in [-0.05, 0) is 55.7 Å². The van der Waals surface area contributed by atoms with Crippen LogP contribution >= 0.6 is 0 Å². The Kier molecular flexibility index (Phi) is 5.89. The molecule has 1 N–H and O–H groups in total. The van der Waals surface area contributed by atoms with E-state index in [0.29, 0.717) is 5.56 Å². The predicted molar refractivity (Wildman–Crippen MR) is 107 cm³/mol. The second-order valence-corrected chi connectivity index (χ2v) is 8.22. The Morgan fingerprint density at radius 3 is 2.45 bits per heavy atom. The number of nitrogens with zero attached hydrogens (tertiary/aromatic N) is 1. The topological polar surface area (TPSA) is 105 Å². The molecule has 0 aliphatic heterocycles. The third-order valence-electron chi connectivity index (χ3n) is 4.29. The van der Waals surface area contributed by atoms with E-state index < -0.39 is 16.0 Å². The molecular formula is C21H20N2O5S. The molecule has 150 valence electrons. The van der Waals surface area contributed by atoms with Gasteiger partial charge in [-0.1, -0.05) is 23.8 Å². The lowest BCUT2D eigenvalue weighted by Gasteiger charge is -2.12. The molecule has 1 aliphatic rings. The van der Waals surface area contributed by atoms with Crippen molar-refractivity contribution in [1.82, 2.24) is 5.32 Å². The molecule has 0 saturated heterocycles. The van der Waals surface area contributed by atoms with E-state index >= 15 is 0 Å². The van der Waals surface area contributed by atoms with Gasteiger partial charge in [0.15, 0.2) is 11.5 Å². The van der Waals surface area contributed by atoms with E-state index in [4.69, 9.17) is 8.92 Å². The fourth-order valence-corrected chi connectivity index (χ4v) is 3.46. The number of rotatable bonds is 7. The number of nitriles is 1. The highest BCUT2D eigenvalue weighted by Gasteiger charge is 2.25. The fourth-order valence-electron chi connectivity index (χ4n) is 2.52. The molecule has 0 radical (unpaired) electrons. The van der Waals surface area contributed by atoms with E-state index in [1.165, 1.54) is 37.5 Å². The van der Waals surface area contributed by atoms with Crippen LogP contribution in [0.1, 0.15) is 24.0 Å². The van der Waals surface area contributed by atoms with Crippen LogP contribution in [0.2, 0.25) is 0 Å². The zero-order chi connectivity index (χ0) is 21.0. The maximum Gasteiger partial charge on any atom is 0.339 e. The van der Waals surface area contributed by atoms with E-state index in [0.717, 1.165) is 18.4 Å². The Bertz CT molecular complexity index is 1090. The largest absolute Gasteiger partial charge is 0.493 e. The van der Waals surface area contributed by atoms with Crippen molar-refractivity contribution in [2.24, 2.45) is 0 Å². The Balaban J connectivity index is 1.84. The summed E-state index contributed by atoms with van der Waals surface area (Å²) in [6, 6.07) is 12.8. The van der Waals surface area contributed by atoms with E-state index in [1.54, 1.807) is 18.2 Å². The van der Waals surface area contributed by atoms with Gasteiger partial charge in [-0.2, -0.15) is 13.7 Å². The second kappa shape index (κ2) is 8.37. The Morgan fingerprint density at radius 2 is 1.86 bits per heavy atom. The third kappa shape index (κ3) is 5.15. The molecule has 2 aromatic carbocycles. The Labute approximate surface area is 169 Å². The minimum absolute atomic E-state index is 0.00571.